The molecular formula is C10H11N3O3. The average Bonchev–Trinajstić information content (AvgIpc) is 2.71. The Hall–Kier alpha value is -2.37. The Balaban J connectivity index is 0.000000280. The van der Waals surface area contributed by atoms with Gasteiger partial charge in [-0.25, -0.2) is 4.98 Å². The highest BCUT2D eigenvalue weighted by Crippen LogP contribution is 2.00. The van der Waals surface area contributed by atoms with Gasteiger partial charge in [0.15, 0.2) is 0 Å². The fourth-order valence-electron chi connectivity index (χ4n) is 1.17. The Morgan fingerprint density at radius 2 is 2.00 bits per heavy atom. The molecule has 0 atom stereocenters. The second-order valence-electron chi connectivity index (χ2n) is 2.96. The fourth-order valence-corrected chi connectivity index (χ4v) is 1.17. The van der Waals surface area contributed by atoms with Gasteiger partial charge in [0.2, 0.25) is 0 Å². The summed E-state index contributed by atoms with van der Waals surface area (Å²) in [5, 5.41) is 13.6. The molecule has 1 heterocycles. The minimum atomic E-state index is -1.50. The Morgan fingerprint density at radius 1 is 1.38 bits per heavy atom. The number of imidazole rings is 1. The van der Waals surface area contributed by atoms with Crippen molar-refractivity contribution in [2.24, 2.45) is 0 Å². The number of nitrogens with zero attached hydrogens (tertiary/aromatic N) is 3. The zero-order valence-electron chi connectivity index (χ0n) is 8.43. The van der Waals surface area contributed by atoms with Crippen molar-refractivity contribution in [3.05, 3.63) is 64.7 Å². The number of hydrogen-bond donors (Lipinski definition) is 1. The van der Waals surface area contributed by atoms with E-state index in [1.165, 1.54) is 5.56 Å². The van der Waals surface area contributed by atoms with Crippen molar-refractivity contribution < 1.29 is 10.3 Å². The maximum absolute atomic E-state index is 8.36. The molecule has 1 aromatic heterocycles. The maximum atomic E-state index is 8.36. The molecule has 0 aliphatic rings. The SMILES string of the molecule is O=[N+]([O-])O.c1ccc(Cn2ccnc2)cc1. The van der Waals surface area contributed by atoms with Crippen molar-refractivity contribution in [2.45, 2.75) is 6.54 Å². The van der Waals surface area contributed by atoms with Crippen LogP contribution in [0.15, 0.2) is 49.1 Å². The zero-order valence-corrected chi connectivity index (χ0v) is 8.43. The molecule has 0 saturated carbocycles. The Bertz CT molecular complexity index is 410. The van der Waals surface area contributed by atoms with E-state index < -0.39 is 5.09 Å². The van der Waals surface area contributed by atoms with Crippen molar-refractivity contribution >= 4 is 0 Å². The molecule has 1 aromatic carbocycles. The van der Waals surface area contributed by atoms with E-state index in [1.807, 2.05) is 30.7 Å². The summed E-state index contributed by atoms with van der Waals surface area (Å²) in [5.41, 5.74) is 1.30. The molecule has 2 rings (SSSR count). The van der Waals surface area contributed by atoms with E-state index in [9.17, 15) is 0 Å². The molecule has 0 aliphatic carbocycles. The van der Waals surface area contributed by atoms with Crippen molar-refractivity contribution in [3.8, 4) is 0 Å². The van der Waals surface area contributed by atoms with Gasteiger partial charge in [-0.15, -0.1) is 10.1 Å². The van der Waals surface area contributed by atoms with Gasteiger partial charge in [0.05, 0.1) is 6.33 Å². The van der Waals surface area contributed by atoms with Gasteiger partial charge in [-0.05, 0) is 5.56 Å². The number of hydrogen-bond acceptors (Lipinski definition) is 3. The second-order valence-corrected chi connectivity index (χ2v) is 2.96. The van der Waals surface area contributed by atoms with E-state index in [0.29, 0.717) is 0 Å². The third-order valence-corrected chi connectivity index (χ3v) is 1.77. The third-order valence-electron chi connectivity index (χ3n) is 1.77. The molecule has 1 N–H and O–H groups in total. The summed E-state index contributed by atoms with van der Waals surface area (Å²) in [7, 11) is 0. The molecule has 0 fully saturated rings. The van der Waals surface area contributed by atoms with Crippen LogP contribution in [0.4, 0.5) is 0 Å². The monoisotopic (exact) mass is 221 g/mol. The first-order valence-electron chi connectivity index (χ1n) is 4.51. The first-order chi connectivity index (χ1) is 7.68. The van der Waals surface area contributed by atoms with E-state index in [0.717, 1.165) is 6.54 Å². The first kappa shape index (κ1) is 11.7. The van der Waals surface area contributed by atoms with Gasteiger partial charge in [-0.2, -0.15) is 0 Å². The smallest absolute Gasteiger partial charge is 0.291 e. The minimum Gasteiger partial charge on any atom is -0.333 e. The Labute approximate surface area is 91.9 Å². The van der Waals surface area contributed by atoms with Crippen molar-refractivity contribution in [1.82, 2.24) is 9.55 Å². The van der Waals surface area contributed by atoms with Crippen LogP contribution in [0.25, 0.3) is 0 Å². The fraction of sp³-hybridized carbons (Fsp3) is 0.100. The number of rotatable bonds is 2. The molecule has 0 spiro atoms. The van der Waals surface area contributed by atoms with Crippen LogP contribution < -0.4 is 0 Å². The highest BCUT2D eigenvalue weighted by atomic mass is 16.9. The van der Waals surface area contributed by atoms with Crippen LogP contribution in [0.5, 0.6) is 0 Å². The topological polar surface area (TPSA) is 81.2 Å². The van der Waals surface area contributed by atoms with Crippen molar-refractivity contribution in [3.63, 3.8) is 0 Å². The summed E-state index contributed by atoms with van der Waals surface area (Å²) in [5.74, 6) is 0. The standard InChI is InChI=1S/C10H10N2.HNO3/c1-2-4-10(5-3-1)8-12-7-6-11-9-12;2-1(3)4/h1-7,9H,8H2;(H,2,3,4). The lowest BCUT2D eigenvalue weighted by atomic mass is 10.2. The van der Waals surface area contributed by atoms with Crippen LogP contribution in [-0.4, -0.2) is 19.8 Å². The molecular weight excluding hydrogens is 210 g/mol. The summed E-state index contributed by atoms with van der Waals surface area (Å²) in [6.07, 6.45) is 5.59. The van der Waals surface area contributed by atoms with Crippen LogP contribution in [0.3, 0.4) is 0 Å². The minimum absolute atomic E-state index is 0.904. The van der Waals surface area contributed by atoms with E-state index in [1.54, 1.807) is 6.20 Å². The molecule has 2 aromatic rings. The summed E-state index contributed by atoms with van der Waals surface area (Å²) in [4.78, 5) is 12.3. The highest BCUT2D eigenvalue weighted by molar-refractivity contribution is 5.14. The van der Waals surface area contributed by atoms with Gasteiger partial charge >= 0.3 is 0 Å². The summed E-state index contributed by atoms with van der Waals surface area (Å²) in [6, 6.07) is 10.3. The third kappa shape index (κ3) is 4.75. The quantitative estimate of drug-likeness (QED) is 0.616. The lowest BCUT2D eigenvalue weighted by Gasteiger charge is -2.00. The van der Waals surface area contributed by atoms with Crippen LogP contribution in [-0.2, 0) is 6.54 Å². The molecule has 84 valence electrons. The number of benzene rings is 1. The first-order valence-corrected chi connectivity index (χ1v) is 4.51. The van der Waals surface area contributed by atoms with Gasteiger partial charge < -0.3 is 9.77 Å². The molecule has 0 amide bonds. The highest BCUT2D eigenvalue weighted by Gasteiger charge is 1.91. The Kier molecular flexibility index (Phi) is 4.52. The molecule has 0 bridgehead atoms. The van der Waals surface area contributed by atoms with E-state index in [4.69, 9.17) is 15.3 Å². The van der Waals surface area contributed by atoms with Crippen molar-refractivity contribution in [2.75, 3.05) is 0 Å². The molecule has 16 heavy (non-hydrogen) atoms. The molecule has 0 saturated heterocycles. The molecule has 6 nitrogen and oxygen atoms in total. The van der Waals surface area contributed by atoms with E-state index in [2.05, 4.69) is 21.7 Å². The Morgan fingerprint density at radius 3 is 2.50 bits per heavy atom. The van der Waals surface area contributed by atoms with E-state index in [-0.39, 0.29) is 0 Å². The summed E-state index contributed by atoms with van der Waals surface area (Å²) in [6.45, 7) is 0.904. The largest absolute Gasteiger partial charge is 0.333 e. The predicted molar refractivity (Wildman–Crippen MR) is 56.6 cm³/mol. The zero-order chi connectivity index (χ0) is 11.8. The van der Waals surface area contributed by atoms with Crippen LogP contribution in [0.2, 0.25) is 0 Å². The normalized spacial score (nSPS) is 9.00. The van der Waals surface area contributed by atoms with Gasteiger partial charge in [0.25, 0.3) is 5.09 Å². The molecule has 0 unspecified atom stereocenters. The lowest BCUT2D eigenvalue weighted by molar-refractivity contribution is -0.742. The molecule has 0 radical (unpaired) electrons. The van der Waals surface area contributed by atoms with Gasteiger partial charge in [0, 0.05) is 18.9 Å². The van der Waals surface area contributed by atoms with Gasteiger partial charge in [0.1, 0.15) is 0 Å². The van der Waals surface area contributed by atoms with Crippen LogP contribution in [0, 0.1) is 10.1 Å². The second kappa shape index (κ2) is 6.18. The van der Waals surface area contributed by atoms with E-state index >= 15 is 0 Å². The van der Waals surface area contributed by atoms with Crippen LogP contribution in [0.1, 0.15) is 5.56 Å². The maximum Gasteiger partial charge on any atom is 0.291 e. The molecule has 0 aliphatic heterocycles. The molecule has 6 heteroatoms. The predicted octanol–water partition coefficient (Wildman–Crippen LogP) is 1.58. The number of aromatic nitrogens is 2. The average molecular weight is 221 g/mol. The van der Waals surface area contributed by atoms with Gasteiger partial charge in [-0.3, -0.25) is 0 Å². The lowest BCUT2D eigenvalue weighted by Crippen LogP contribution is -1.95. The van der Waals surface area contributed by atoms with Gasteiger partial charge in [-0.1, -0.05) is 30.3 Å². The van der Waals surface area contributed by atoms with Crippen molar-refractivity contribution in [1.29, 1.82) is 0 Å². The summed E-state index contributed by atoms with van der Waals surface area (Å²) >= 11 is 0. The summed E-state index contributed by atoms with van der Waals surface area (Å²) < 4.78 is 2.05. The van der Waals surface area contributed by atoms with Crippen LogP contribution >= 0.6 is 0 Å².